The Morgan fingerprint density at radius 2 is 2.37 bits per heavy atom. The average molecular weight is 261 g/mol. The lowest BCUT2D eigenvalue weighted by Crippen LogP contribution is -2.36. The molecular weight excluding hydrogens is 242 g/mol. The number of carbonyl (C=O) groups is 1. The largest absolute Gasteiger partial charge is 0.444 e. The highest BCUT2D eigenvalue weighted by Crippen LogP contribution is 2.32. The number of imidazole rings is 1. The molecule has 5 heteroatoms. The first kappa shape index (κ1) is 13.5. The summed E-state index contributed by atoms with van der Waals surface area (Å²) in [6, 6.07) is -0.0480. The lowest BCUT2D eigenvalue weighted by molar-refractivity contribution is 0.0222. The second kappa shape index (κ2) is 4.96. The zero-order valence-corrected chi connectivity index (χ0v) is 11.6. The molecule has 1 aromatic rings. The molecule has 1 aliphatic heterocycles. The molecule has 5 nitrogen and oxygen atoms in total. The van der Waals surface area contributed by atoms with E-state index in [0.717, 1.165) is 18.5 Å². The molecule has 2 rings (SSSR count). The minimum absolute atomic E-state index is 0.0480. The van der Waals surface area contributed by atoms with E-state index in [4.69, 9.17) is 11.2 Å². The van der Waals surface area contributed by atoms with Crippen LogP contribution in [0.1, 0.15) is 51.2 Å². The highest BCUT2D eigenvalue weighted by molar-refractivity contribution is 5.69. The zero-order valence-electron chi connectivity index (χ0n) is 11.6. The third-order valence-corrected chi connectivity index (χ3v) is 2.96. The summed E-state index contributed by atoms with van der Waals surface area (Å²) in [5, 5.41) is 0. The Labute approximate surface area is 113 Å². The molecule has 0 aliphatic carbocycles. The maximum absolute atomic E-state index is 12.1. The molecule has 0 saturated carbocycles. The number of carbonyl (C=O) groups excluding carboxylic acids is 1. The van der Waals surface area contributed by atoms with E-state index >= 15 is 0 Å². The Morgan fingerprint density at radius 1 is 1.63 bits per heavy atom. The maximum atomic E-state index is 12.1. The highest BCUT2D eigenvalue weighted by atomic mass is 16.6. The van der Waals surface area contributed by atoms with Gasteiger partial charge in [0.05, 0.1) is 11.7 Å². The first-order valence-corrected chi connectivity index (χ1v) is 6.42. The fourth-order valence-corrected chi connectivity index (χ4v) is 2.19. The van der Waals surface area contributed by atoms with E-state index in [1.165, 1.54) is 0 Å². The summed E-state index contributed by atoms with van der Waals surface area (Å²) in [5.74, 6) is 2.94. The molecule has 1 saturated heterocycles. The third-order valence-electron chi connectivity index (χ3n) is 2.96. The number of H-pyrrole nitrogens is 1. The summed E-state index contributed by atoms with van der Waals surface area (Å²) < 4.78 is 5.42. The average Bonchev–Trinajstić information content (AvgIpc) is 2.95. The Bertz CT molecular complexity index is 507. The number of nitrogens with one attached hydrogen (secondary N) is 1. The van der Waals surface area contributed by atoms with Gasteiger partial charge in [-0.1, -0.05) is 0 Å². The molecule has 1 fully saturated rings. The Hall–Kier alpha value is -1.96. The van der Waals surface area contributed by atoms with Gasteiger partial charge in [-0.3, -0.25) is 4.90 Å². The topological polar surface area (TPSA) is 58.2 Å². The van der Waals surface area contributed by atoms with Gasteiger partial charge in [-0.25, -0.2) is 9.78 Å². The first-order valence-electron chi connectivity index (χ1n) is 6.42. The smallest absolute Gasteiger partial charge is 0.410 e. The lowest BCUT2D eigenvalue weighted by Gasteiger charge is -2.27. The molecule has 0 spiro atoms. The molecule has 0 bridgehead atoms. The number of ether oxygens (including phenoxy) is 1. The van der Waals surface area contributed by atoms with Crippen molar-refractivity contribution in [3.8, 4) is 12.3 Å². The number of hydrogen-bond donors (Lipinski definition) is 1. The van der Waals surface area contributed by atoms with Gasteiger partial charge in [0.25, 0.3) is 0 Å². The van der Waals surface area contributed by atoms with Crippen molar-refractivity contribution in [1.29, 1.82) is 0 Å². The van der Waals surface area contributed by atoms with Crippen LogP contribution in [0.2, 0.25) is 0 Å². The summed E-state index contributed by atoms with van der Waals surface area (Å²) >= 11 is 0. The number of aromatic nitrogens is 2. The fraction of sp³-hybridized carbons (Fsp3) is 0.571. The number of rotatable bonds is 1. The van der Waals surface area contributed by atoms with Gasteiger partial charge in [0.1, 0.15) is 5.60 Å². The number of aromatic amines is 1. The summed E-state index contributed by atoms with van der Waals surface area (Å²) in [5.41, 5.74) is 0.316. The second-order valence-corrected chi connectivity index (χ2v) is 5.65. The van der Waals surface area contributed by atoms with E-state index < -0.39 is 5.60 Å². The van der Waals surface area contributed by atoms with Crippen molar-refractivity contribution in [2.75, 3.05) is 6.54 Å². The molecule has 2 heterocycles. The molecule has 0 radical (unpaired) electrons. The maximum Gasteiger partial charge on any atom is 0.410 e. The Morgan fingerprint density at radius 3 is 2.95 bits per heavy atom. The fourth-order valence-electron chi connectivity index (χ4n) is 2.19. The van der Waals surface area contributed by atoms with Gasteiger partial charge in [0.2, 0.25) is 0 Å². The van der Waals surface area contributed by atoms with Gasteiger partial charge in [-0.15, -0.1) is 6.42 Å². The van der Waals surface area contributed by atoms with E-state index in [-0.39, 0.29) is 12.1 Å². The van der Waals surface area contributed by atoms with E-state index in [1.807, 2.05) is 20.8 Å². The van der Waals surface area contributed by atoms with E-state index in [1.54, 1.807) is 11.1 Å². The minimum Gasteiger partial charge on any atom is -0.444 e. The van der Waals surface area contributed by atoms with Gasteiger partial charge < -0.3 is 9.72 Å². The summed E-state index contributed by atoms with van der Waals surface area (Å²) in [6.07, 6.45) is 8.60. The molecule has 102 valence electrons. The van der Waals surface area contributed by atoms with Crippen LogP contribution in [0.5, 0.6) is 0 Å². The van der Waals surface area contributed by atoms with Crippen LogP contribution in [0.3, 0.4) is 0 Å². The van der Waals surface area contributed by atoms with Gasteiger partial charge >= 0.3 is 6.09 Å². The predicted molar refractivity (Wildman–Crippen MR) is 71.4 cm³/mol. The number of amides is 1. The third kappa shape index (κ3) is 3.08. The van der Waals surface area contributed by atoms with Crippen molar-refractivity contribution >= 4 is 6.09 Å². The molecule has 0 unspecified atom stereocenters. The standard InChI is InChI=1S/C14H19N3O2/c1-5-12-15-9-10(16-12)11-7-6-8-17(11)13(18)19-14(2,3)4/h1,9,11H,6-8H2,2-4H3,(H,15,16)/t11-/m0/s1. The van der Waals surface area contributed by atoms with Crippen molar-refractivity contribution in [2.24, 2.45) is 0 Å². The van der Waals surface area contributed by atoms with Crippen molar-refractivity contribution in [3.63, 3.8) is 0 Å². The van der Waals surface area contributed by atoms with Crippen molar-refractivity contribution < 1.29 is 9.53 Å². The normalized spacial score (nSPS) is 19.3. The van der Waals surface area contributed by atoms with Crippen LogP contribution in [0.25, 0.3) is 0 Å². The van der Waals surface area contributed by atoms with E-state index in [0.29, 0.717) is 12.4 Å². The van der Waals surface area contributed by atoms with Crippen LogP contribution in [0, 0.1) is 12.3 Å². The second-order valence-electron chi connectivity index (χ2n) is 5.65. The quantitative estimate of drug-likeness (QED) is 0.790. The highest BCUT2D eigenvalue weighted by Gasteiger charge is 2.34. The molecule has 19 heavy (non-hydrogen) atoms. The summed E-state index contributed by atoms with van der Waals surface area (Å²) in [6.45, 7) is 6.28. The first-order chi connectivity index (χ1) is 8.90. The number of likely N-dealkylation sites (tertiary alicyclic amines) is 1. The SMILES string of the molecule is C#Cc1nc([C@@H]2CCCN2C(=O)OC(C)(C)C)c[nH]1. The van der Waals surface area contributed by atoms with E-state index in [9.17, 15) is 4.79 Å². The summed E-state index contributed by atoms with van der Waals surface area (Å²) in [4.78, 5) is 21.1. The van der Waals surface area contributed by atoms with Crippen LogP contribution in [0.4, 0.5) is 4.79 Å². The van der Waals surface area contributed by atoms with Crippen molar-refractivity contribution in [1.82, 2.24) is 14.9 Å². The van der Waals surface area contributed by atoms with Gasteiger partial charge in [0, 0.05) is 12.7 Å². The molecular formula is C14H19N3O2. The summed E-state index contributed by atoms with van der Waals surface area (Å²) in [7, 11) is 0. The zero-order chi connectivity index (χ0) is 14.0. The van der Waals surface area contributed by atoms with Gasteiger partial charge in [-0.05, 0) is 39.5 Å². The molecule has 1 atom stereocenters. The van der Waals surface area contributed by atoms with Crippen molar-refractivity contribution in [3.05, 3.63) is 17.7 Å². The predicted octanol–water partition coefficient (Wildman–Crippen LogP) is 2.46. The number of hydrogen-bond acceptors (Lipinski definition) is 3. The van der Waals surface area contributed by atoms with Crippen molar-refractivity contribution in [2.45, 2.75) is 45.3 Å². The molecule has 1 aromatic heterocycles. The molecule has 1 N–H and O–H groups in total. The van der Waals surface area contributed by atoms with Crippen LogP contribution in [-0.2, 0) is 4.74 Å². The van der Waals surface area contributed by atoms with Crippen LogP contribution < -0.4 is 0 Å². The van der Waals surface area contributed by atoms with Gasteiger partial charge in [-0.2, -0.15) is 0 Å². The molecule has 1 amide bonds. The number of terminal acetylenes is 1. The van der Waals surface area contributed by atoms with E-state index in [2.05, 4.69) is 15.9 Å². The Kier molecular flexibility index (Phi) is 3.52. The minimum atomic E-state index is -0.486. The van der Waals surface area contributed by atoms with Crippen LogP contribution in [0.15, 0.2) is 6.20 Å². The van der Waals surface area contributed by atoms with Crippen LogP contribution in [-0.4, -0.2) is 33.1 Å². The Balaban J connectivity index is 2.13. The van der Waals surface area contributed by atoms with Gasteiger partial charge in [0.15, 0.2) is 5.82 Å². The lowest BCUT2D eigenvalue weighted by atomic mass is 10.1. The monoisotopic (exact) mass is 261 g/mol. The van der Waals surface area contributed by atoms with Crippen LogP contribution >= 0.6 is 0 Å². The number of nitrogens with zero attached hydrogens (tertiary/aromatic N) is 2. The molecule has 0 aromatic carbocycles. The molecule has 1 aliphatic rings.